The van der Waals surface area contributed by atoms with E-state index in [-0.39, 0.29) is 12.0 Å². The third kappa shape index (κ3) is 5.30. The van der Waals surface area contributed by atoms with Gasteiger partial charge in [0.2, 0.25) is 0 Å². The Hall–Kier alpha value is -2.49. The van der Waals surface area contributed by atoms with Gasteiger partial charge in [-0.15, -0.1) is 0 Å². The number of carbonyl (C=O) groups excluding carboxylic acids is 1. The van der Waals surface area contributed by atoms with Crippen molar-refractivity contribution >= 4 is 11.7 Å². The lowest BCUT2D eigenvalue weighted by atomic mass is 10.0. The lowest BCUT2D eigenvalue weighted by Gasteiger charge is -2.18. The highest BCUT2D eigenvalue weighted by molar-refractivity contribution is 5.79. The summed E-state index contributed by atoms with van der Waals surface area (Å²) in [6, 6.07) is 15.5. The van der Waals surface area contributed by atoms with Gasteiger partial charge in [-0.25, -0.2) is 4.79 Å². The average Bonchev–Trinajstić information content (AvgIpc) is 2.60. The Morgan fingerprint density at radius 1 is 1.08 bits per heavy atom. The first kappa shape index (κ1) is 17.9. The highest BCUT2D eigenvalue weighted by atomic mass is 16.5. The third-order valence-electron chi connectivity index (χ3n) is 3.84. The molecule has 0 aliphatic rings. The molecule has 0 amide bonds. The molecule has 128 valence electrons. The van der Waals surface area contributed by atoms with Gasteiger partial charge in [-0.2, -0.15) is 0 Å². The number of esters is 1. The minimum atomic E-state index is -0.375. The van der Waals surface area contributed by atoms with Gasteiger partial charge in [-0.05, 0) is 56.5 Å². The number of anilines is 1. The van der Waals surface area contributed by atoms with Crippen LogP contribution >= 0.6 is 0 Å². The molecular formula is C20H25NO3. The molecule has 24 heavy (non-hydrogen) atoms. The largest absolute Gasteiger partial charge is 0.497 e. The van der Waals surface area contributed by atoms with Crippen LogP contribution in [0.4, 0.5) is 5.69 Å². The van der Waals surface area contributed by atoms with Gasteiger partial charge in [0.1, 0.15) is 11.8 Å². The van der Waals surface area contributed by atoms with E-state index in [0.717, 1.165) is 17.9 Å². The highest BCUT2D eigenvalue weighted by Gasteiger charge is 2.19. The molecule has 2 rings (SSSR count). The van der Waals surface area contributed by atoms with Crippen LogP contribution in [0.15, 0.2) is 48.5 Å². The van der Waals surface area contributed by atoms with Crippen molar-refractivity contribution in [1.82, 2.24) is 0 Å². The zero-order valence-corrected chi connectivity index (χ0v) is 14.5. The van der Waals surface area contributed by atoms with Gasteiger partial charge in [-0.1, -0.05) is 29.8 Å². The SMILES string of the molecule is CCOC(=O)C(CCc1ccc(C)cc1)Nc1ccc(OC)cc1. The molecule has 0 aliphatic carbocycles. The first-order valence-electron chi connectivity index (χ1n) is 8.25. The van der Waals surface area contributed by atoms with Crippen molar-refractivity contribution in [3.05, 3.63) is 59.7 Å². The molecule has 0 saturated carbocycles. The second kappa shape index (κ2) is 8.96. The maximum Gasteiger partial charge on any atom is 0.328 e. The van der Waals surface area contributed by atoms with E-state index in [1.54, 1.807) is 7.11 Å². The van der Waals surface area contributed by atoms with Gasteiger partial charge in [0.15, 0.2) is 0 Å². The number of nitrogens with one attached hydrogen (secondary N) is 1. The summed E-state index contributed by atoms with van der Waals surface area (Å²) in [4.78, 5) is 12.2. The molecule has 0 spiro atoms. The summed E-state index contributed by atoms with van der Waals surface area (Å²) in [6.45, 7) is 4.27. The number of hydrogen-bond acceptors (Lipinski definition) is 4. The smallest absolute Gasteiger partial charge is 0.328 e. The van der Waals surface area contributed by atoms with Gasteiger partial charge >= 0.3 is 5.97 Å². The molecule has 0 fully saturated rings. The Morgan fingerprint density at radius 2 is 1.75 bits per heavy atom. The van der Waals surface area contributed by atoms with Crippen LogP contribution < -0.4 is 10.1 Å². The number of hydrogen-bond donors (Lipinski definition) is 1. The maximum atomic E-state index is 12.2. The third-order valence-corrected chi connectivity index (χ3v) is 3.84. The first-order chi connectivity index (χ1) is 11.6. The van der Waals surface area contributed by atoms with Crippen molar-refractivity contribution in [3.63, 3.8) is 0 Å². The Balaban J connectivity index is 2.02. The van der Waals surface area contributed by atoms with E-state index in [2.05, 4.69) is 36.5 Å². The summed E-state index contributed by atoms with van der Waals surface area (Å²) >= 11 is 0. The molecule has 2 aromatic rings. The Bertz CT molecular complexity index is 635. The number of rotatable bonds is 8. The van der Waals surface area contributed by atoms with Crippen LogP contribution in [0.3, 0.4) is 0 Å². The Kier molecular flexibility index (Phi) is 6.67. The fourth-order valence-corrected chi connectivity index (χ4v) is 2.45. The minimum Gasteiger partial charge on any atom is -0.497 e. The van der Waals surface area contributed by atoms with Crippen molar-refractivity contribution in [3.8, 4) is 5.75 Å². The molecule has 0 bridgehead atoms. The molecule has 2 aromatic carbocycles. The van der Waals surface area contributed by atoms with Crippen LogP contribution in [0.2, 0.25) is 0 Å². The van der Waals surface area contributed by atoms with Crippen LogP contribution in [0.1, 0.15) is 24.5 Å². The topological polar surface area (TPSA) is 47.6 Å². The maximum absolute atomic E-state index is 12.2. The van der Waals surface area contributed by atoms with Crippen molar-refractivity contribution < 1.29 is 14.3 Å². The van der Waals surface area contributed by atoms with E-state index in [0.29, 0.717) is 13.0 Å². The molecule has 4 nitrogen and oxygen atoms in total. The molecular weight excluding hydrogens is 302 g/mol. The Labute approximate surface area is 143 Å². The monoisotopic (exact) mass is 327 g/mol. The molecule has 1 N–H and O–H groups in total. The lowest BCUT2D eigenvalue weighted by molar-refractivity contribution is -0.144. The number of methoxy groups -OCH3 is 1. The predicted octanol–water partition coefficient (Wildman–Crippen LogP) is 3.98. The van der Waals surface area contributed by atoms with E-state index >= 15 is 0 Å². The molecule has 0 radical (unpaired) electrons. The minimum absolute atomic E-state index is 0.222. The van der Waals surface area contributed by atoms with Gasteiger partial charge in [0, 0.05) is 5.69 Å². The van der Waals surface area contributed by atoms with Crippen molar-refractivity contribution in [2.24, 2.45) is 0 Å². The summed E-state index contributed by atoms with van der Waals surface area (Å²) < 4.78 is 10.4. The van der Waals surface area contributed by atoms with Gasteiger partial charge in [0.05, 0.1) is 13.7 Å². The van der Waals surface area contributed by atoms with Crippen molar-refractivity contribution in [2.75, 3.05) is 19.0 Å². The van der Waals surface area contributed by atoms with E-state index in [4.69, 9.17) is 9.47 Å². The molecule has 0 saturated heterocycles. The molecule has 1 atom stereocenters. The quantitative estimate of drug-likeness (QED) is 0.745. The highest BCUT2D eigenvalue weighted by Crippen LogP contribution is 2.18. The zero-order chi connectivity index (χ0) is 17.4. The normalized spacial score (nSPS) is 11.6. The summed E-state index contributed by atoms with van der Waals surface area (Å²) in [7, 11) is 1.63. The number of carbonyl (C=O) groups is 1. The zero-order valence-electron chi connectivity index (χ0n) is 14.5. The Morgan fingerprint density at radius 3 is 2.33 bits per heavy atom. The summed E-state index contributed by atoms with van der Waals surface area (Å²) in [6.07, 6.45) is 1.49. The van der Waals surface area contributed by atoms with E-state index < -0.39 is 0 Å². The van der Waals surface area contributed by atoms with E-state index in [1.165, 1.54) is 11.1 Å². The molecule has 0 aliphatic heterocycles. The van der Waals surface area contributed by atoms with Crippen LogP contribution in [0, 0.1) is 6.92 Å². The second-order valence-electron chi connectivity index (χ2n) is 5.70. The van der Waals surface area contributed by atoms with Gasteiger partial charge < -0.3 is 14.8 Å². The number of benzene rings is 2. The van der Waals surface area contributed by atoms with E-state index in [1.807, 2.05) is 31.2 Å². The molecule has 1 unspecified atom stereocenters. The van der Waals surface area contributed by atoms with Gasteiger partial charge in [-0.3, -0.25) is 0 Å². The standard InChI is InChI=1S/C20H25NO3/c1-4-24-20(22)19(14-9-16-7-5-15(2)6-8-16)21-17-10-12-18(23-3)13-11-17/h5-8,10-13,19,21H,4,9,14H2,1-3H3. The summed E-state index contributed by atoms with van der Waals surface area (Å²) in [5.41, 5.74) is 3.32. The fourth-order valence-electron chi connectivity index (χ4n) is 2.45. The van der Waals surface area contributed by atoms with Crippen LogP contribution in [-0.4, -0.2) is 25.7 Å². The van der Waals surface area contributed by atoms with Crippen LogP contribution in [0.5, 0.6) is 5.75 Å². The second-order valence-corrected chi connectivity index (χ2v) is 5.70. The summed E-state index contributed by atoms with van der Waals surface area (Å²) in [5, 5.41) is 3.27. The summed E-state index contributed by atoms with van der Waals surface area (Å²) in [5.74, 6) is 0.563. The number of aryl methyl sites for hydroxylation is 2. The average molecular weight is 327 g/mol. The van der Waals surface area contributed by atoms with Crippen LogP contribution in [-0.2, 0) is 16.0 Å². The fraction of sp³-hybridized carbons (Fsp3) is 0.350. The predicted molar refractivity (Wildman–Crippen MR) is 96.5 cm³/mol. The number of ether oxygens (including phenoxy) is 2. The van der Waals surface area contributed by atoms with Crippen molar-refractivity contribution in [2.45, 2.75) is 32.7 Å². The lowest BCUT2D eigenvalue weighted by Crippen LogP contribution is -2.32. The molecule has 0 heterocycles. The van der Waals surface area contributed by atoms with Gasteiger partial charge in [0.25, 0.3) is 0 Å². The molecule has 4 heteroatoms. The van der Waals surface area contributed by atoms with Crippen molar-refractivity contribution in [1.29, 1.82) is 0 Å². The van der Waals surface area contributed by atoms with Crippen LogP contribution in [0.25, 0.3) is 0 Å². The molecule has 0 aromatic heterocycles. The van der Waals surface area contributed by atoms with E-state index in [9.17, 15) is 4.79 Å². The first-order valence-corrected chi connectivity index (χ1v) is 8.25.